The number of hydrogen-bond donors (Lipinski definition) is 1. The van der Waals surface area contributed by atoms with Gasteiger partial charge in [0, 0.05) is 5.39 Å². The van der Waals surface area contributed by atoms with E-state index in [1.165, 1.54) is 0 Å². The Morgan fingerprint density at radius 1 is 1.16 bits per heavy atom. The molecule has 0 spiro atoms. The number of aromatic nitrogens is 2. The number of quaternary nitrogens is 1. The van der Waals surface area contributed by atoms with Gasteiger partial charge in [-0.25, -0.2) is 9.97 Å². The first-order chi connectivity index (χ1) is 8.99. The zero-order valence-corrected chi connectivity index (χ0v) is 12.8. The maximum Gasteiger partial charge on any atom is 0.189 e. The first kappa shape index (κ1) is 14.1. The topological polar surface area (TPSA) is 37.8 Å². The number of rotatable bonds is 5. The third-order valence-corrected chi connectivity index (χ3v) is 3.39. The van der Waals surface area contributed by atoms with Gasteiger partial charge in [-0.1, -0.05) is 23.9 Å². The van der Waals surface area contributed by atoms with Crippen LogP contribution in [0.4, 0.5) is 5.82 Å². The summed E-state index contributed by atoms with van der Waals surface area (Å²) in [5.74, 6) is 0.934. The molecule has 0 aliphatic heterocycles. The van der Waals surface area contributed by atoms with Gasteiger partial charge in [0.25, 0.3) is 0 Å². The summed E-state index contributed by atoms with van der Waals surface area (Å²) in [6, 6.07) is 8.13. The van der Waals surface area contributed by atoms with Crippen LogP contribution in [0.2, 0.25) is 0 Å². The highest BCUT2D eigenvalue weighted by Gasteiger charge is 2.09. The number of anilines is 1. The van der Waals surface area contributed by atoms with E-state index in [2.05, 4.69) is 42.5 Å². The van der Waals surface area contributed by atoms with Crippen molar-refractivity contribution in [2.75, 3.05) is 45.8 Å². The second kappa shape index (κ2) is 5.75. The number of fused-ring (bicyclic) bond motifs is 1. The average molecular weight is 277 g/mol. The van der Waals surface area contributed by atoms with E-state index in [1.807, 2.05) is 24.5 Å². The Bertz CT molecular complexity index is 563. The average Bonchev–Trinajstić information content (AvgIpc) is 2.37. The van der Waals surface area contributed by atoms with Gasteiger partial charge in [0.2, 0.25) is 0 Å². The highest BCUT2D eigenvalue weighted by Crippen LogP contribution is 2.22. The lowest BCUT2D eigenvalue weighted by Crippen LogP contribution is -2.38. The zero-order chi connectivity index (χ0) is 13.9. The second-order valence-electron chi connectivity index (χ2n) is 5.52. The number of thioether (sulfide) groups is 1. The summed E-state index contributed by atoms with van der Waals surface area (Å²) in [6.07, 6.45) is 2.00. The monoisotopic (exact) mass is 277 g/mol. The van der Waals surface area contributed by atoms with Crippen molar-refractivity contribution in [2.45, 2.75) is 5.16 Å². The Morgan fingerprint density at radius 3 is 2.58 bits per heavy atom. The number of benzene rings is 1. The summed E-state index contributed by atoms with van der Waals surface area (Å²) < 4.78 is 0.936. The summed E-state index contributed by atoms with van der Waals surface area (Å²) in [4.78, 5) is 9.09. The van der Waals surface area contributed by atoms with Gasteiger partial charge in [0.1, 0.15) is 5.82 Å². The van der Waals surface area contributed by atoms with Gasteiger partial charge >= 0.3 is 0 Å². The van der Waals surface area contributed by atoms with Crippen molar-refractivity contribution in [1.82, 2.24) is 9.97 Å². The molecule has 0 bridgehead atoms. The molecule has 0 aliphatic rings. The molecule has 0 saturated carbocycles. The van der Waals surface area contributed by atoms with Crippen LogP contribution in [0, 0.1) is 0 Å². The van der Waals surface area contributed by atoms with E-state index in [0.29, 0.717) is 0 Å². The normalized spacial score (nSPS) is 11.8. The van der Waals surface area contributed by atoms with E-state index in [-0.39, 0.29) is 0 Å². The van der Waals surface area contributed by atoms with Gasteiger partial charge in [-0.05, 0) is 18.4 Å². The third-order valence-electron chi connectivity index (χ3n) is 2.84. The lowest BCUT2D eigenvalue weighted by Gasteiger charge is -2.24. The van der Waals surface area contributed by atoms with Gasteiger partial charge in [0.05, 0.1) is 39.7 Å². The summed E-state index contributed by atoms with van der Waals surface area (Å²) in [7, 11) is 6.56. The van der Waals surface area contributed by atoms with E-state index < -0.39 is 0 Å². The van der Waals surface area contributed by atoms with Crippen LogP contribution < -0.4 is 5.32 Å². The van der Waals surface area contributed by atoms with Crippen molar-refractivity contribution in [1.29, 1.82) is 0 Å². The van der Waals surface area contributed by atoms with Crippen LogP contribution in [0.5, 0.6) is 0 Å². The first-order valence-corrected chi connectivity index (χ1v) is 7.57. The molecule has 0 fully saturated rings. The fourth-order valence-corrected chi connectivity index (χ4v) is 2.16. The fraction of sp³-hybridized carbons (Fsp3) is 0.429. The Morgan fingerprint density at radius 2 is 1.89 bits per heavy atom. The molecular weight excluding hydrogens is 256 g/mol. The summed E-state index contributed by atoms with van der Waals surface area (Å²) >= 11 is 1.57. The van der Waals surface area contributed by atoms with Crippen molar-refractivity contribution in [3.63, 3.8) is 0 Å². The van der Waals surface area contributed by atoms with Crippen LogP contribution in [0.3, 0.4) is 0 Å². The van der Waals surface area contributed by atoms with E-state index in [4.69, 9.17) is 0 Å². The number of hydrogen-bond acceptors (Lipinski definition) is 4. The standard InChI is InChI=1S/C14H21N4S/c1-18(2,3)10-9-15-13-11-7-5-6-8-12(11)16-14(17-13)19-4/h5-8H,9-10H2,1-4H3,(H,15,16,17)/q+1. The molecule has 2 aromatic rings. The first-order valence-electron chi connectivity index (χ1n) is 6.35. The van der Waals surface area contributed by atoms with Crippen LogP contribution in [0.25, 0.3) is 10.9 Å². The SMILES string of the molecule is CSc1nc(NCC[N+](C)(C)C)c2ccccc2n1. The number of likely N-dealkylation sites (N-methyl/N-ethyl adjacent to an activating group) is 1. The number of para-hydroxylation sites is 1. The lowest BCUT2D eigenvalue weighted by atomic mass is 10.2. The van der Waals surface area contributed by atoms with Crippen LogP contribution >= 0.6 is 11.8 Å². The summed E-state index contributed by atoms with van der Waals surface area (Å²) in [5, 5.41) is 5.34. The quantitative estimate of drug-likeness (QED) is 0.517. The summed E-state index contributed by atoms with van der Waals surface area (Å²) in [6.45, 7) is 1.95. The molecule has 0 saturated heterocycles. The van der Waals surface area contributed by atoms with Crippen LogP contribution in [0.1, 0.15) is 0 Å². The Labute approximate surface area is 118 Å². The maximum absolute atomic E-state index is 4.57. The predicted molar refractivity (Wildman–Crippen MR) is 82.7 cm³/mol. The van der Waals surface area contributed by atoms with Gasteiger partial charge in [0.15, 0.2) is 5.16 Å². The minimum Gasteiger partial charge on any atom is -0.364 e. The third kappa shape index (κ3) is 3.81. The lowest BCUT2D eigenvalue weighted by molar-refractivity contribution is -0.868. The maximum atomic E-state index is 4.57. The number of nitrogens with one attached hydrogen (secondary N) is 1. The van der Waals surface area contributed by atoms with E-state index >= 15 is 0 Å². The Balaban J connectivity index is 2.25. The van der Waals surface area contributed by atoms with Crippen molar-refractivity contribution >= 4 is 28.5 Å². The molecule has 1 aromatic heterocycles. The molecule has 4 nitrogen and oxygen atoms in total. The van der Waals surface area contributed by atoms with Crippen LogP contribution in [0.15, 0.2) is 29.4 Å². The van der Waals surface area contributed by atoms with Gasteiger partial charge < -0.3 is 9.80 Å². The molecule has 5 heteroatoms. The Hall–Kier alpha value is -1.33. The molecule has 1 heterocycles. The largest absolute Gasteiger partial charge is 0.364 e. The smallest absolute Gasteiger partial charge is 0.189 e. The molecule has 2 rings (SSSR count). The highest BCUT2D eigenvalue weighted by molar-refractivity contribution is 7.98. The molecule has 0 amide bonds. The van der Waals surface area contributed by atoms with Gasteiger partial charge in [-0.2, -0.15) is 0 Å². The molecule has 0 radical (unpaired) electrons. The predicted octanol–water partition coefficient (Wildman–Crippen LogP) is 2.47. The van der Waals surface area contributed by atoms with E-state index in [0.717, 1.165) is 39.4 Å². The zero-order valence-electron chi connectivity index (χ0n) is 12.0. The second-order valence-corrected chi connectivity index (χ2v) is 6.29. The molecule has 0 aliphatic carbocycles. The molecule has 0 atom stereocenters. The molecule has 102 valence electrons. The van der Waals surface area contributed by atoms with E-state index in [9.17, 15) is 0 Å². The molecule has 1 aromatic carbocycles. The van der Waals surface area contributed by atoms with Crippen molar-refractivity contribution in [2.24, 2.45) is 0 Å². The van der Waals surface area contributed by atoms with Crippen molar-refractivity contribution < 1.29 is 4.48 Å². The van der Waals surface area contributed by atoms with Gasteiger partial charge in [-0.15, -0.1) is 0 Å². The van der Waals surface area contributed by atoms with Crippen molar-refractivity contribution in [3.05, 3.63) is 24.3 Å². The van der Waals surface area contributed by atoms with Crippen molar-refractivity contribution in [3.8, 4) is 0 Å². The number of nitrogens with zero attached hydrogens (tertiary/aromatic N) is 3. The van der Waals surface area contributed by atoms with E-state index in [1.54, 1.807) is 11.8 Å². The molecular formula is C14H21N4S+. The van der Waals surface area contributed by atoms with Crippen LogP contribution in [-0.2, 0) is 0 Å². The highest BCUT2D eigenvalue weighted by atomic mass is 32.2. The van der Waals surface area contributed by atoms with Crippen LogP contribution in [-0.4, -0.2) is 54.9 Å². The van der Waals surface area contributed by atoms with Gasteiger partial charge in [-0.3, -0.25) is 0 Å². The molecule has 1 N–H and O–H groups in total. The fourth-order valence-electron chi connectivity index (χ4n) is 1.79. The Kier molecular flexibility index (Phi) is 4.27. The molecule has 0 unspecified atom stereocenters. The summed E-state index contributed by atoms with van der Waals surface area (Å²) in [5.41, 5.74) is 0.995. The minimum absolute atomic E-state index is 0.812. The minimum atomic E-state index is 0.812. The molecule has 19 heavy (non-hydrogen) atoms.